The van der Waals surface area contributed by atoms with Crippen LogP contribution in [0.2, 0.25) is 0 Å². The Labute approximate surface area is 522 Å². The lowest BCUT2D eigenvalue weighted by Crippen LogP contribution is -2.08. The number of aromatic hydroxyl groups is 1. The van der Waals surface area contributed by atoms with Gasteiger partial charge < -0.3 is 14.6 Å². The van der Waals surface area contributed by atoms with Gasteiger partial charge in [0.25, 0.3) is 50.6 Å². The highest BCUT2D eigenvalue weighted by Gasteiger charge is 2.24. The highest BCUT2D eigenvalue weighted by atomic mass is 32.2. The largest absolute Gasteiger partial charge is 0.493 e. The molecule has 0 amide bonds. The smallest absolute Gasteiger partial charge is 0.425 e. The van der Waals surface area contributed by atoms with E-state index in [1.165, 1.54) is 22.6 Å². The molecule has 0 fully saturated rings. The lowest BCUT2D eigenvalue weighted by Gasteiger charge is -2.14. The third-order valence-electron chi connectivity index (χ3n) is 11.2. The molecule has 3 heterocycles. The second-order valence-corrected chi connectivity index (χ2v) is 28.2. The summed E-state index contributed by atoms with van der Waals surface area (Å²) in [7, 11) is -28.1. The molecule has 0 atom stereocenters. The van der Waals surface area contributed by atoms with E-state index in [4.69, 9.17) is 39.3 Å². The lowest BCUT2D eigenvalue weighted by molar-refractivity contribution is 0.309. The van der Waals surface area contributed by atoms with E-state index in [0.717, 1.165) is 41.3 Å². The number of hydrogen-bond donors (Lipinski definition) is 6. The molecule has 6 N–H and O–H groups in total. The molecular formula is C47H46N10O24S9. The van der Waals surface area contributed by atoms with Crippen molar-refractivity contribution in [2.24, 2.45) is 30.7 Å². The molecule has 0 saturated carbocycles. The average Bonchev–Trinajstić information content (AvgIpc) is 1.53. The third-order valence-corrected chi connectivity index (χ3v) is 16.6. The predicted molar refractivity (Wildman–Crippen MR) is 322 cm³/mol. The van der Waals surface area contributed by atoms with E-state index in [1.807, 2.05) is 6.92 Å². The summed E-state index contributed by atoms with van der Waals surface area (Å²) < 4.78 is 224. The van der Waals surface area contributed by atoms with Gasteiger partial charge in [-0.2, -0.15) is 47.4 Å². The second-order valence-electron chi connectivity index (χ2n) is 17.9. The van der Waals surface area contributed by atoms with Crippen molar-refractivity contribution in [1.29, 1.82) is 5.26 Å². The van der Waals surface area contributed by atoms with E-state index in [2.05, 4.69) is 46.7 Å². The minimum atomic E-state index is -4.87. The van der Waals surface area contributed by atoms with Gasteiger partial charge >= 0.3 is 21.2 Å². The zero-order chi connectivity index (χ0) is 67.3. The molecule has 5 aromatic carbocycles. The number of nitriles is 1. The lowest BCUT2D eigenvalue weighted by atomic mass is 10.1. The molecule has 0 unspecified atom stereocenters. The van der Waals surface area contributed by atoms with Gasteiger partial charge in [0.05, 0.1) is 63.0 Å². The molecular weight excluding hydrogens is 1380 g/mol. The van der Waals surface area contributed by atoms with E-state index in [1.54, 1.807) is 50.2 Å². The summed E-state index contributed by atoms with van der Waals surface area (Å²) in [6.45, 7) is 4.99. The molecule has 0 spiro atoms. The zero-order valence-corrected chi connectivity index (χ0v) is 53.6. The summed E-state index contributed by atoms with van der Waals surface area (Å²) in [5, 5.41) is 48.4. The van der Waals surface area contributed by atoms with Gasteiger partial charge in [-0.15, -0.1) is 67.7 Å². The number of rotatable bonds is 21. The standard InChI is InChI=1S/C46H42N10O15S6.CH4O3S.2O3S/c1-4-13-70-37-22-34(52-54-41-26(3)30(24-47)44-48-31-9-5-6-10-36(31)56(44)45(41)57)38(71-14-7-16-74(58,59)60)21-33(37)51-53-35-18-25(2)32(23-39(35)72-15-8-17-75(61,62)63)50-55-46-49-42-40(77(67,68)69)19-27-11-12-28(76(64,65)66)20-29(27)43(42)73-46;1-5(2,3)4;2*1-4(2)3/h5-6,9-12,18-23,57H,4,7-8,13-17H2,1-3H3,(H,58,59,60)(H,61,62,63)(H,64,65,66)(H,67,68,69);1H3,(H,2,3,4);;. The number of aryl methyl sites for hydroxylation is 1. The number of para-hydroxylation sites is 2. The van der Waals surface area contributed by atoms with Gasteiger partial charge in [0.1, 0.15) is 44.9 Å². The first-order valence-electron chi connectivity index (χ1n) is 24.5. The Morgan fingerprint density at radius 1 is 0.678 bits per heavy atom. The Balaban J connectivity index is 0.00000103. The van der Waals surface area contributed by atoms with Crippen molar-refractivity contribution in [3.63, 3.8) is 0 Å². The van der Waals surface area contributed by atoms with Gasteiger partial charge in [0.15, 0.2) is 11.3 Å². The predicted octanol–water partition coefficient (Wildman–Crippen LogP) is 8.50. The molecule has 34 nitrogen and oxygen atoms in total. The maximum atomic E-state index is 12.5. The Bertz CT molecular complexity index is 5030. The number of thioether (sulfide) groups is 1. The number of thiazole rings is 1. The fourth-order valence-corrected chi connectivity index (χ4v) is 11.9. The molecule has 0 radical (unpaired) electrons. The summed E-state index contributed by atoms with van der Waals surface area (Å²) in [5.74, 6) is -1.33. The molecule has 0 aliphatic heterocycles. The number of hydrogen-bond acceptors (Lipinski definition) is 30. The van der Waals surface area contributed by atoms with Crippen LogP contribution in [-0.2, 0) is 71.8 Å². The normalized spacial score (nSPS) is 12.2. The number of imidazole rings is 1. The van der Waals surface area contributed by atoms with Gasteiger partial charge in [-0.05, 0) is 92.3 Å². The van der Waals surface area contributed by atoms with Gasteiger partial charge in [-0.25, -0.2) is 9.97 Å². The van der Waals surface area contributed by atoms with Crippen LogP contribution in [-0.4, -0.2) is 146 Å². The second kappa shape index (κ2) is 30.7. The fourth-order valence-electron chi connectivity index (χ4n) is 7.60. The fraction of sp³-hybridized carbons (Fsp3) is 0.255. The number of fused-ring (bicyclic) bond motifs is 6. The molecule has 8 aromatic rings. The number of aromatic nitrogens is 3. The molecule has 43 heteroatoms. The SMILES string of the molecule is CCCOc1cc(N=Nc2c(C)c(C#N)c3nc4ccccc4n3c2O)c(OCCCS(=O)(=O)O)cc1N=Nc1cc(C)c(N=Nc2nc3c(S(=O)(=O)O)cc4ccc(S(=O)(=O)O)cc4c3s2)cc1SCCCS(=O)(=O)O.CS(=O)(=O)O.O=S(=O)=O.O=S(=O)=O. The third kappa shape index (κ3) is 21.3. The molecule has 90 heavy (non-hydrogen) atoms. The number of ether oxygens (including phenoxy) is 2. The first kappa shape index (κ1) is 72.8. The Morgan fingerprint density at radius 2 is 1.23 bits per heavy atom. The van der Waals surface area contributed by atoms with Crippen LogP contribution in [0.4, 0.5) is 33.6 Å². The van der Waals surface area contributed by atoms with Crippen molar-refractivity contribution >= 4 is 166 Å². The molecule has 0 saturated heterocycles. The van der Waals surface area contributed by atoms with Crippen LogP contribution in [0.5, 0.6) is 17.4 Å². The van der Waals surface area contributed by atoms with Crippen LogP contribution >= 0.6 is 23.1 Å². The van der Waals surface area contributed by atoms with Crippen LogP contribution in [0.3, 0.4) is 0 Å². The molecule has 482 valence electrons. The number of benzene rings is 5. The van der Waals surface area contributed by atoms with E-state index in [9.17, 15) is 70.7 Å². The van der Waals surface area contributed by atoms with Crippen LogP contribution in [0.25, 0.3) is 37.7 Å². The number of azo groups is 3. The Hall–Kier alpha value is -7.97. The van der Waals surface area contributed by atoms with Gasteiger partial charge in [0.2, 0.25) is 11.0 Å². The maximum Gasteiger partial charge on any atom is 0.425 e. The van der Waals surface area contributed by atoms with Crippen LogP contribution in [0.15, 0.2) is 118 Å². The van der Waals surface area contributed by atoms with Crippen molar-refractivity contribution in [3.05, 3.63) is 89.5 Å². The van der Waals surface area contributed by atoms with Gasteiger partial charge in [-0.3, -0.25) is 27.2 Å². The monoisotopic (exact) mass is 1420 g/mol. The van der Waals surface area contributed by atoms with Gasteiger partial charge in [-0.1, -0.05) is 36.5 Å². The van der Waals surface area contributed by atoms with Crippen LogP contribution in [0, 0.1) is 25.2 Å². The molecule has 8 rings (SSSR count). The summed E-state index contributed by atoms with van der Waals surface area (Å²) in [6.07, 6.45) is 1.10. The summed E-state index contributed by atoms with van der Waals surface area (Å²) in [4.78, 5) is 8.12. The summed E-state index contributed by atoms with van der Waals surface area (Å²) in [6, 6.07) is 19.5. The average molecular weight is 1420 g/mol. The zero-order valence-electron chi connectivity index (χ0n) is 46.3. The first-order valence-corrected chi connectivity index (χ1v) is 36.2. The number of nitrogens with zero attached hydrogens (tertiary/aromatic N) is 10. The van der Waals surface area contributed by atoms with Crippen molar-refractivity contribution in [3.8, 4) is 23.4 Å². The Kier molecular flexibility index (Phi) is 24.8. The van der Waals surface area contributed by atoms with Crippen LogP contribution < -0.4 is 9.47 Å². The molecule has 3 aromatic heterocycles. The minimum absolute atomic E-state index is 0.00502. The maximum absolute atomic E-state index is 12.5. The van der Waals surface area contributed by atoms with Crippen LogP contribution in [0.1, 0.15) is 42.9 Å². The van der Waals surface area contributed by atoms with Crippen molar-refractivity contribution < 1.29 is 105 Å². The minimum Gasteiger partial charge on any atom is -0.493 e. The highest BCUT2D eigenvalue weighted by molar-refractivity contribution is 7.99. The Morgan fingerprint density at radius 3 is 1.80 bits per heavy atom. The highest BCUT2D eigenvalue weighted by Crippen LogP contribution is 2.46. The van der Waals surface area contributed by atoms with Crippen molar-refractivity contribution in [1.82, 2.24) is 14.4 Å². The topological polar surface area (TPSA) is 541 Å². The quantitative estimate of drug-likeness (QED) is 0.0170. The van der Waals surface area contributed by atoms with E-state index < -0.39 is 93.1 Å². The van der Waals surface area contributed by atoms with Gasteiger partial charge in [0, 0.05) is 28.0 Å². The molecule has 0 aliphatic rings. The first-order chi connectivity index (χ1) is 41.8. The number of pyridine rings is 1. The van der Waals surface area contributed by atoms with Crippen molar-refractivity contribution in [2.45, 2.75) is 54.7 Å². The van der Waals surface area contributed by atoms with Crippen molar-refractivity contribution in [2.75, 3.05) is 36.7 Å². The van der Waals surface area contributed by atoms with E-state index >= 15 is 0 Å². The summed E-state index contributed by atoms with van der Waals surface area (Å²) >= 11 is 1.94. The molecule has 0 aliphatic carbocycles. The van der Waals surface area contributed by atoms with E-state index in [-0.39, 0.29) is 121 Å². The molecule has 0 bridgehead atoms. The van der Waals surface area contributed by atoms with E-state index in [0.29, 0.717) is 34.2 Å². The summed E-state index contributed by atoms with van der Waals surface area (Å²) in [5.41, 5.74) is 2.24.